The van der Waals surface area contributed by atoms with Crippen LogP contribution in [0.3, 0.4) is 0 Å². The van der Waals surface area contributed by atoms with Crippen LogP contribution in [-0.2, 0) is 0 Å². The first kappa shape index (κ1) is 10.6. The zero-order valence-electron chi connectivity index (χ0n) is 9.13. The van der Waals surface area contributed by atoms with Gasteiger partial charge in [0.25, 0.3) is 0 Å². The molecule has 0 unspecified atom stereocenters. The standard InChI is InChI=1S/C13H7FN2O2/c14-10-3-1-2-8-6-11(18-13(8)10)12(17)9-4-5-15-16-7-9/h1-7H. The Morgan fingerprint density at radius 1 is 1.22 bits per heavy atom. The molecule has 1 aromatic carbocycles. The Morgan fingerprint density at radius 2 is 2.11 bits per heavy atom. The van der Waals surface area contributed by atoms with Gasteiger partial charge in [0.05, 0.1) is 12.4 Å². The highest BCUT2D eigenvalue weighted by Gasteiger charge is 2.16. The van der Waals surface area contributed by atoms with Crippen LogP contribution < -0.4 is 0 Å². The Balaban J connectivity index is 2.10. The molecule has 0 bridgehead atoms. The Bertz CT molecular complexity index is 722. The van der Waals surface area contributed by atoms with Crippen LogP contribution in [0.25, 0.3) is 11.0 Å². The zero-order valence-corrected chi connectivity index (χ0v) is 9.13. The molecule has 0 aliphatic rings. The lowest BCUT2D eigenvalue weighted by Crippen LogP contribution is -2.00. The number of halogens is 1. The lowest BCUT2D eigenvalue weighted by Gasteiger charge is -1.94. The molecule has 0 aliphatic carbocycles. The van der Waals surface area contributed by atoms with E-state index in [4.69, 9.17) is 4.42 Å². The molecule has 0 amide bonds. The van der Waals surface area contributed by atoms with Crippen LogP contribution in [0.15, 0.2) is 47.1 Å². The minimum Gasteiger partial charge on any atom is -0.449 e. The van der Waals surface area contributed by atoms with Crippen molar-refractivity contribution in [2.24, 2.45) is 0 Å². The Hall–Kier alpha value is -2.56. The van der Waals surface area contributed by atoms with Gasteiger partial charge in [-0.3, -0.25) is 4.79 Å². The number of rotatable bonds is 2. The summed E-state index contributed by atoms with van der Waals surface area (Å²) in [6.07, 6.45) is 2.75. The van der Waals surface area contributed by atoms with Crippen LogP contribution in [-0.4, -0.2) is 16.0 Å². The first-order valence-electron chi connectivity index (χ1n) is 5.25. The molecule has 2 heterocycles. The highest BCUT2D eigenvalue weighted by molar-refractivity contribution is 6.08. The fourth-order valence-corrected chi connectivity index (χ4v) is 1.71. The molecule has 5 heteroatoms. The molecule has 0 saturated carbocycles. The first-order chi connectivity index (χ1) is 8.75. The average molecular weight is 242 g/mol. The van der Waals surface area contributed by atoms with Gasteiger partial charge < -0.3 is 4.42 Å². The number of aromatic nitrogens is 2. The van der Waals surface area contributed by atoms with Crippen molar-refractivity contribution >= 4 is 16.8 Å². The second kappa shape index (κ2) is 4.03. The van der Waals surface area contributed by atoms with Gasteiger partial charge in [-0.25, -0.2) is 4.39 Å². The molecule has 0 atom stereocenters. The van der Waals surface area contributed by atoms with E-state index in [1.165, 1.54) is 30.6 Å². The number of hydrogen-bond donors (Lipinski definition) is 0. The maximum atomic E-state index is 13.4. The molecule has 88 valence electrons. The van der Waals surface area contributed by atoms with Crippen LogP contribution in [0.4, 0.5) is 4.39 Å². The van der Waals surface area contributed by atoms with Crippen LogP contribution in [0, 0.1) is 5.82 Å². The zero-order chi connectivity index (χ0) is 12.5. The molecule has 4 nitrogen and oxygen atoms in total. The number of carbonyl (C=O) groups is 1. The number of carbonyl (C=O) groups excluding carboxylic acids is 1. The van der Waals surface area contributed by atoms with Gasteiger partial charge in [-0.1, -0.05) is 12.1 Å². The van der Waals surface area contributed by atoms with E-state index in [9.17, 15) is 9.18 Å². The molecule has 18 heavy (non-hydrogen) atoms. The summed E-state index contributed by atoms with van der Waals surface area (Å²) in [4.78, 5) is 12.0. The molecule has 0 spiro atoms. The Kier molecular flexibility index (Phi) is 2.37. The van der Waals surface area contributed by atoms with E-state index in [2.05, 4.69) is 10.2 Å². The lowest BCUT2D eigenvalue weighted by molar-refractivity contribution is 0.101. The molecule has 3 aromatic rings. The Labute approximate surface area is 101 Å². The maximum Gasteiger partial charge on any atom is 0.229 e. The quantitative estimate of drug-likeness (QED) is 0.648. The summed E-state index contributed by atoms with van der Waals surface area (Å²) in [6, 6.07) is 7.58. The molecule has 0 saturated heterocycles. The molecular weight excluding hydrogens is 235 g/mol. The summed E-state index contributed by atoms with van der Waals surface area (Å²) in [7, 11) is 0. The van der Waals surface area contributed by atoms with Crippen molar-refractivity contribution in [2.45, 2.75) is 0 Å². The number of benzene rings is 1. The second-order valence-corrected chi connectivity index (χ2v) is 3.73. The van der Waals surface area contributed by atoms with Gasteiger partial charge in [0, 0.05) is 10.9 Å². The fourth-order valence-electron chi connectivity index (χ4n) is 1.71. The normalized spacial score (nSPS) is 10.7. The largest absolute Gasteiger partial charge is 0.449 e. The topological polar surface area (TPSA) is 56.0 Å². The third-order valence-corrected chi connectivity index (χ3v) is 2.57. The summed E-state index contributed by atoms with van der Waals surface area (Å²) in [5, 5.41) is 7.76. The molecule has 0 fully saturated rings. The number of fused-ring (bicyclic) bond motifs is 1. The smallest absolute Gasteiger partial charge is 0.229 e. The highest BCUT2D eigenvalue weighted by atomic mass is 19.1. The second-order valence-electron chi connectivity index (χ2n) is 3.73. The molecule has 0 N–H and O–H groups in total. The van der Waals surface area contributed by atoms with Crippen molar-refractivity contribution in [1.82, 2.24) is 10.2 Å². The summed E-state index contributed by atoms with van der Waals surface area (Å²) in [6.45, 7) is 0. The predicted octanol–water partition coefficient (Wildman–Crippen LogP) is 2.59. The van der Waals surface area contributed by atoms with E-state index < -0.39 is 5.82 Å². The van der Waals surface area contributed by atoms with Crippen LogP contribution in [0.2, 0.25) is 0 Å². The van der Waals surface area contributed by atoms with E-state index in [0.29, 0.717) is 10.9 Å². The van der Waals surface area contributed by atoms with Gasteiger partial charge in [0.2, 0.25) is 5.78 Å². The van der Waals surface area contributed by atoms with Gasteiger partial charge in [0.15, 0.2) is 17.2 Å². The van der Waals surface area contributed by atoms with E-state index in [0.717, 1.165) is 0 Å². The Morgan fingerprint density at radius 3 is 2.83 bits per heavy atom. The SMILES string of the molecule is O=C(c1ccnnc1)c1cc2cccc(F)c2o1. The third kappa shape index (κ3) is 1.66. The predicted molar refractivity (Wildman–Crippen MR) is 61.6 cm³/mol. The van der Waals surface area contributed by atoms with E-state index in [-0.39, 0.29) is 17.1 Å². The summed E-state index contributed by atoms with van der Waals surface area (Å²) < 4.78 is 18.7. The van der Waals surface area contributed by atoms with Gasteiger partial charge in [-0.2, -0.15) is 10.2 Å². The maximum absolute atomic E-state index is 13.4. The van der Waals surface area contributed by atoms with Crippen LogP contribution >= 0.6 is 0 Å². The van der Waals surface area contributed by atoms with Crippen molar-refractivity contribution in [3.63, 3.8) is 0 Å². The monoisotopic (exact) mass is 242 g/mol. The van der Waals surface area contributed by atoms with Crippen LogP contribution in [0.5, 0.6) is 0 Å². The van der Waals surface area contributed by atoms with Gasteiger partial charge >= 0.3 is 0 Å². The van der Waals surface area contributed by atoms with Gasteiger partial charge in [0.1, 0.15) is 0 Å². The molecule has 2 aromatic heterocycles. The summed E-state index contributed by atoms with van der Waals surface area (Å²) in [5.41, 5.74) is 0.437. The van der Waals surface area contributed by atoms with Crippen molar-refractivity contribution < 1.29 is 13.6 Å². The molecule has 0 radical (unpaired) electrons. The lowest BCUT2D eigenvalue weighted by atomic mass is 10.1. The van der Waals surface area contributed by atoms with Crippen molar-refractivity contribution in [2.75, 3.05) is 0 Å². The van der Waals surface area contributed by atoms with Crippen molar-refractivity contribution in [3.05, 3.63) is 59.9 Å². The minimum absolute atomic E-state index is 0.0860. The third-order valence-electron chi connectivity index (χ3n) is 2.57. The van der Waals surface area contributed by atoms with Gasteiger partial charge in [-0.15, -0.1) is 0 Å². The van der Waals surface area contributed by atoms with Crippen molar-refractivity contribution in [3.8, 4) is 0 Å². The number of hydrogen-bond acceptors (Lipinski definition) is 4. The number of furan rings is 1. The van der Waals surface area contributed by atoms with Crippen molar-refractivity contribution in [1.29, 1.82) is 0 Å². The molecule has 0 aliphatic heterocycles. The van der Waals surface area contributed by atoms with E-state index >= 15 is 0 Å². The van der Waals surface area contributed by atoms with Gasteiger partial charge in [-0.05, 0) is 18.2 Å². The minimum atomic E-state index is -0.487. The van der Waals surface area contributed by atoms with E-state index in [1.54, 1.807) is 12.1 Å². The number of ketones is 1. The number of nitrogens with zero attached hydrogens (tertiary/aromatic N) is 2. The van der Waals surface area contributed by atoms with E-state index in [1.807, 2.05) is 0 Å². The molecular formula is C13H7FN2O2. The fraction of sp³-hybridized carbons (Fsp3) is 0. The summed E-state index contributed by atoms with van der Waals surface area (Å²) >= 11 is 0. The molecule has 3 rings (SSSR count). The first-order valence-corrected chi connectivity index (χ1v) is 5.25. The summed E-state index contributed by atoms with van der Waals surface area (Å²) in [5.74, 6) is -0.747. The highest BCUT2D eigenvalue weighted by Crippen LogP contribution is 2.23. The van der Waals surface area contributed by atoms with Crippen LogP contribution in [0.1, 0.15) is 16.1 Å². The average Bonchev–Trinajstić information content (AvgIpc) is 2.84. The number of para-hydroxylation sites is 1.